The predicted molar refractivity (Wildman–Crippen MR) is 181 cm³/mol. The minimum atomic E-state index is -3.37. The van der Waals surface area contributed by atoms with Gasteiger partial charge in [-0.15, -0.1) is 0 Å². The summed E-state index contributed by atoms with van der Waals surface area (Å²) in [4.78, 5) is 31.7. The van der Waals surface area contributed by atoms with Gasteiger partial charge >= 0.3 is 0 Å². The van der Waals surface area contributed by atoms with Crippen molar-refractivity contribution in [1.82, 2.24) is 19.8 Å². The summed E-state index contributed by atoms with van der Waals surface area (Å²) in [6, 6.07) is 20.5. The molecule has 0 aliphatic carbocycles. The van der Waals surface area contributed by atoms with Crippen LogP contribution < -0.4 is 15.5 Å². The molecule has 3 aromatic rings. The molecule has 0 radical (unpaired) electrons. The highest BCUT2D eigenvalue weighted by Gasteiger charge is 2.34. The molecule has 2 atom stereocenters. The van der Waals surface area contributed by atoms with Crippen LogP contribution in [0.15, 0.2) is 66.7 Å². The summed E-state index contributed by atoms with van der Waals surface area (Å²) in [6.45, 7) is 7.13. The summed E-state index contributed by atoms with van der Waals surface area (Å²) < 4.78 is 27.5. The number of sulfonamides is 1. The van der Waals surface area contributed by atoms with Crippen molar-refractivity contribution in [2.24, 2.45) is 0 Å². The van der Waals surface area contributed by atoms with Gasteiger partial charge in [0.05, 0.1) is 11.3 Å². The van der Waals surface area contributed by atoms with Gasteiger partial charge in [-0.3, -0.25) is 9.59 Å². The highest BCUT2D eigenvalue weighted by atomic mass is 35.5. The molecule has 3 aliphatic rings. The number of nitrogens with zero attached hydrogens (tertiary/aromatic N) is 3. The molecule has 244 valence electrons. The Balaban J connectivity index is 1.15. The van der Waals surface area contributed by atoms with Crippen molar-refractivity contribution in [1.29, 1.82) is 0 Å². The Hall–Kier alpha value is -3.44. The molecule has 11 heteroatoms. The van der Waals surface area contributed by atoms with Crippen molar-refractivity contribution < 1.29 is 18.0 Å². The third-order valence-electron chi connectivity index (χ3n) is 9.47. The van der Waals surface area contributed by atoms with E-state index < -0.39 is 27.4 Å². The Morgan fingerprint density at radius 1 is 0.913 bits per heavy atom. The van der Waals surface area contributed by atoms with Crippen molar-refractivity contribution in [2.75, 3.05) is 37.6 Å². The van der Waals surface area contributed by atoms with Crippen LogP contribution in [-0.2, 0) is 52.0 Å². The number of fused-ring (bicyclic) bond motifs is 2. The van der Waals surface area contributed by atoms with Crippen LogP contribution >= 0.6 is 11.6 Å². The number of benzene rings is 3. The van der Waals surface area contributed by atoms with Crippen molar-refractivity contribution in [3.05, 3.63) is 99.6 Å². The van der Waals surface area contributed by atoms with E-state index in [4.69, 9.17) is 11.6 Å². The van der Waals surface area contributed by atoms with Crippen molar-refractivity contribution in [3.8, 4) is 0 Å². The van der Waals surface area contributed by atoms with E-state index in [1.165, 1.54) is 11.1 Å². The number of piperazine rings is 1. The molecule has 3 aromatic carbocycles. The molecule has 0 spiro atoms. The Morgan fingerprint density at radius 3 is 2.33 bits per heavy atom. The zero-order valence-corrected chi connectivity index (χ0v) is 28.0. The lowest BCUT2D eigenvalue weighted by atomic mass is 9.95. The fraction of sp³-hybridized carbons (Fsp3) is 0.429. The van der Waals surface area contributed by atoms with E-state index in [9.17, 15) is 18.0 Å². The second kappa shape index (κ2) is 13.7. The molecule has 2 N–H and O–H groups in total. The van der Waals surface area contributed by atoms with E-state index in [2.05, 4.69) is 39.8 Å². The van der Waals surface area contributed by atoms with Gasteiger partial charge in [-0.2, -0.15) is 4.31 Å². The van der Waals surface area contributed by atoms with Gasteiger partial charge < -0.3 is 20.4 Å². The molecule has 1 fully saturated rings. The molecule has 9 nitrogen and oxygen atoms in total. The molecule has 6 rings (SSSR count). The standard InChI is InChI=1S/C35H42ClN5O4S/c1-24(2)46(44,45)41-15-14-26-8-5-9-33(30(26)23-41)39-16-18-40(19-17-39)35(43)32(20-25-10-12-29(36)13-11-25)38-34(42)31-21-27-6-3-4-7-28(27)22-37-31/h3-13,24,31-32,37H,14-23H2,1-2H3,(H,38,42)/t31-,32-/m1/s1. The SMILES string of the molecule is CC(C)S(=O)(=O)N1CCc2cccc(N3CCN(C(=O)[C@@H](Cc4ccc(Cl)cc4)NC(=O)[C@H]4Cc5ccccc5CN4)CC3)c2C1. The van der Waals surface area contributed by atoms with Crippen molar-refractivity contribution >= 4 is 39.1 Å². The van der Waals surface area contributed by atoms with Gasteiger partial charge in [0.2, 0.25) is 21.8 Å². The van der Waals surface area contributed by atoms with Crippen LogP contribution in [0.2, 0.25) is 5.02 Å². The molecule has 0 unspecified atom stereocenters. The molecule has 2 amide bonds. The topological polar surface area (TPSA) is 102 Å². The van der Waals surface area contributed by atoms with E-state index >= 15 is 0 Å². The van der Waals surface area contributed by atoms with E-state index in [0.29, 0.717) is 70.1 Å². The maximum Gasteiger partial charge on any atom is 0.245 e. The zero-order chi connectivity index (χ0) is 32.4. The first kappa shape index (κ1) is 32.5. The Morgan fingerprint density at radius 2 is 1.61 bits per heavy atom. The largest absolute Gasteiger partial charge is 0.368 e. The van der Waals surface area contributed by atoms with E-state index in [1.807, 2.05) is 35.2 Å². The smallest absolute Gasteiger partial charge is 0.245 e. The second-order valence-electron chi connectivity index (χ2n) is 12.7. The lowest BCUT2D eigenvalue weighted by molar-refractivity contribution is -0.137. The number of anilines is 1. The molecule has 3 heterocycles. The minimum absolute atomic E-state index is 0.108. The average molecular weight is 664 g/mol. The number of nitrogens with one attached hydrogen (secondary N) is 2. The quantitative estimate of drug-likeness (QED) is 0.383. The zero-order valence-electron chi connectivity index (χ0n) is 26.4. The summed E-state index contributed by atoms with van der Waals surface area (Å²) in [6.07, 6.45) is 1.61. The van der Waals surface area contributed by atoms with E-state index in [-0.39, 0.29) is 11.8 Å². The third kappa shape index (κ3) is 6.95. The Labute approximate surface area is 276 Å². The second-order valence-corrected chi connectivity index (χ2v) is 15.6. The highest BCUT2D eigenvalue weighted by Crippen LogP contribution is 2.32. The van der Waals surface area contributed by atoms with Gasteiger partial charge in [-0.25, -0.2) is 8.42 Å². The number of hydrogen-bond acceptors (Lipinski definition) is 6. The molecule has 0 bridgehead atoms. The fourth-order valence-corrected chi connectivity index (χ4v) is 8.08. The molecular formula is C35H42ClN5O4S. The van der Waals surface area contributed by atoms with Crippen LogP contribution in [-0.4, -0.2) is 79.5 Å². The summed E-state index contributed by atoms with van der Waals surface area (Å²) in [5, 5.41) is 6.57. The normalized spacial score (nSPS) is 19.3. The van der Waals surface area contributed by atoms with Gasteiger partial charge in [0.15, 0.2) is 0 Å². The minimum Gasteiger partial charge on any atom is -0.368 e. The first-order valence-corrected chi connectivity index (χ1v) is 18.0. The monoisotopic (exact) mass is 663 g/mol. The van der Waals surface area contributed by atoms with Crippen LogP contribution in [0.25, 0.3) is 0 Å². The number of halogens is 1. The number of amides is 2. The Kier molecular flexibility index (Phi) is 9.70. The highest BCUT2D eigenvalue weighted by molar-refractivity contribution is 7.89. The first-order valence-electron chi connectivity index (χ1n) is 16.1. The van der Waals surface area contributed by atoms with Crippen LogP contribution in [0.4, 0.5) is 5.69 Å². The lowest BCUT2D eigenvalue weighted by Gasteiger charge is -2.40. The summed E-state index contributed by atoms with van der Waals surface area (Å²) in [7, 11) is -3.37. The maximum atomic E-state index is 14.1. The van der Waals surface area contributed by atoms with E-state index in [1.54, 1.807) is 30.3 Å². The maximum absolute atomic E-state index is 14.1. The third-order valence-corrected chi connectivity index (χ3v) is 11.9. The molecule has 3 aliphatic heterocycles. The van der Waals surface area contributed by atoms with Gasteiger partial charge in [0.25, 0.3) is 0 Å². The van der Waals surface area contributed by atoms with Crippen molar-refractivity contribution in [3.63, 3.8) is 0 Å². The number of carbonyl (C=O) groups excluding carboxylic acids is 2. The average Bonchev–Trinajstić information content (AvgIpc) is 3.07. The van der Waals surface area contributed by atoms with Gasteiger partial charge in [0, 0.05) is 62.9 Å². The van der Waals surface area contributed by atoms with Crippen LogP contribution in [0.1, 0.15) is 41.7 Å². The van der Waals surface area contributed by atoms with Gasteiger partial charge in [-0.1, -0.05) is 60.1 Å². The summed E-state index contributed by atoms with van der Waals surface area (Å²) in [5.74, 6) is -0.291. The molecular weight excluding hydrogens is 622 g/mol. The van der Waals surface area contributed by atoms with Crippen LogP contribution in [0, 0.1) is 0 Å². The van der Waals surface area contributed by atoms with Gasteiger partial charge in [-0.05, 0) is 72.7 Å². The molecule has 1 saturated heterocycles. The molecule has 0 saturated carbocycles. The summed E-state index contributed by atoms with van der Waals surface area (Å²) in [5.41, 5.74) is 6.50. The van der Waals surface area contributed by atoms with Crippen LogP contribution in [0.3, 0.4) is 0 Å². The summed E-state index contributed by atoms with van der Waals surface area (Å²) >= 11 is 6.12. The molecule has 0 aromatic heterocycles. The lowest BCUT2D eigenvalue weighted by Crippen LogP contribution is -2.58. The van der Waals surface area contributed by atoms with Crippen LogP contribution in [0.5, 0.6) is 0 Å². The number of hydrogen-bond donors (Lipinski definition) is 2. The predicted octanol–water partition coefficient (Wildman–Crippen LogP) is 3.53. The van der Waals surface area contributed by atoms with Gasteiger partial charge in [0.1, 0.15) is 6.04 Å². The Bertz CT molecular complexity index is 1690. The molecule has 46 heavy (non-hydrogen) atoms. The number of carbonyl (C=O) groups is 2. The fourth-order valence-electron chi connectivity index (χ4n) is 6.71. The first-order chi connectivity index (χ1) is 22.1. The number of rotatable bonds is 8. The van der Waals surface area contributed by atoms with Crippen molar-refractivity contribution in [2.45, 2.75) is 63.5 Å². The van der Waals surface area contributed by atoms with E-state index in [0.717, 1.165) is 22.4 Å².